The monoisotopic (exact) mass is 172 g/mol. The van der Waals surface area contributed by atoms with Crippen molar-refractivity contribution in [3.05, 3.63) is 0 Å². The number of carboxylic acids is 1. The number of amides is 1. The summed E-state index contributed by atoms with van der Waals surface area (Å²) < 4.78 is 0. The van der Waals surface area contributed by atoms with E-state index in [9.17, 15) is 9.59 Å². The van der Waals surface area contributed by atoms with Crippen LogP contribution in [0, 0.1) is 5.92 Å². The van der Waals surface area contributed by atoms with Crippen molar-refractivity contribution in [1.29, 1.82) is 0 Å². The normalized spacial score (nSPS) is 18.4. The molecule has 5 heteroatoms. The smallest absolute Gasteiger partial charge is 0.322 e. The van der Waals surface area contributed by atoms with Crippen LogP contribution in [0.1, 0.15) is 12.8 Å². The molecular formula is C7H12N2O3. The molecule has 1 aliphatic rings. The molecule has 1 fully saturated rings. The molecule has 1 atom stereocenters. The van der Waals surface area contributed by atoms with E-state index >= 15 is 0 Å². The van der Waals surface area contributed by atoms with Gasteiger partial charge >= 0.3 is 5.97 Å². The van der Waals surface area contributed by atoms with E-state index in [2.05, 4.69) is 5.32 Å². The highest BCUT2D eigenvalue weighted by Gasteiger charge is 2.33. The Morgan fingerprint density at radius 1 is 1.58 bits per heavy atom. The molecule has 0 radical (unpaired) electrons. The van der Waals surface area contributed by atoms with E-state index in [1.165, 1.54) is 0 Å². The number of hydrogen-bond acceptors (Lipinski definition) is 3. The number of hydrogen-bond donors (Lipinski definition) is 3. The maximum atomic E-state index is 11.0. The Balaban J connectivity index is 2.22. The Bertz CT molecular complexity index is 201. The molecule has 1 rings (SSSR count). The van der Waals surface area contributed by atoms with Crippen molar-refractivity contribution in [2.45, 2.75) is 18.9 Å². The average Bonchev–Trinajstić information content (AvgIpc) is 2.80. The molecule has 1 saturated carbocycles. The lowest BCUT2D eigenvalue weighted by molar-refractivity contribution is -0.138. The summed E-state index contributed by atoms with van der Waals surface area (Å²) in [5.41, 5.74) is 5.50. The maximum Gasteiger partial charge on any atom is 0.322 e. The average molecular weight is 172 g/mol. The van der Waals surface area contributed by atoms with Crippen molar-refractivity contribution in [3.8, 4) is 0 Å². The summed E-state index contributed by atoms with van der Waals surface area (Å²) in [5, 5.41) is 10.5. The largest absolute Gasteiger partial charge is 0.480 e. The first-order valence-electron chi connectivity index (χ1n) is 3.86. The van der Waals surface area contributed by atoms with E-state index in [4.69, 9.17) is 10.8 Å². The molecule has 0 aliphatic heterocycles. The third kappa shape index (κ3) is 2.50. The number of nitrogens with two attached hydrogens (primary N) is 1. The Morgan fingerprint density at radius 2 is 2.17 bits per heavy atom. The molecule has 0 aromatic rings. The predicted molar refractivity (Wildman–Crippen MR) is 41.3 cm³/mol. The van der Waals surface area contributed by atoms with Crippen LogP contribution < -0.4 is 11.1 Å². The lowest BCUT2D eigenvalue weighted by Crippen LogP contribution is -2.43. The molecule has 0 aromatic carbocycles. The van der Waals surface area contributed by atoms with Crippen LogP contribution in [0.4, 0.5) is 0 Å². The molecule has 1 unspecified atom stereocenters. The van der Waals surface area contributed by atoms with Gasteiger partial charge in [0, 0.05) is 0 Å². The minimum Gasteiger partial charge on any atom is -0.480 e. The summed E-state index contributed by atoms with van der Waals surface area (Å²) in [6, 6.07) is -0.524. The van der Waals surface area contributed by atoms with Crippen LogP contribution in [-0.4, -0.2) is 29.6 Å². The third-order valence-corrected chi connectivity index (χ3v) is 1.85. The van der Waals surface area contributed by atoms with Crippen molar-refractivity contribution < 1.29 is 14.7 Å². The quantitative estimate of drug-likeness (QED) is 0.503. The zero-order chi connectivity index (χ0) is 9.14. The van der Waals surface area contributed by atoms with Crippen LogP contribution in [-0.2, 0) is 9.59 Å². The number of nitrogens with one attached hydrogen (secondary N) is 1. The second kappa shape index (κ2) is 3.53. The zero-order valence-electron chi connectivity index (χ0n) is 6.62. The van der Waals surface area contributed by atoms with E-state index < -0.39 is 12.0 Å². The highest BCUT2D eigenvalue weighted by molar-refractivity contribution is 5.85. The minimum atomic E-state index is -1.05. The van der Waals surface area contributed by atoms with Gasteiger partial charge in [-0.15, -0.1) is 0 Å². The highest BCUT2D eigenvalue weighted by Crippen LogP contribution is 2.31. The van der Waals surface area contributed by atoms with Gasteiger partial charge in [-0.2, -0.15) is 0 Å². The molecule has 68 valence electrons. The second-order valence-corrected chi connectivity index (χ2v) is 2.97. The topological polar surface area (TPSA) is 92.4 Å². The van der Waals surface area contributed by atoms with Crippen LogP contribution >= 0.6 is 0 Å². The highest BCUT2D eigenvalue weighted by atomic mass is 16.4. The van der Waals surface area contributed by atoms with Crippen molar-refractivity contribution in [2.24, 2.45) is 11.7 Å². The first-order chi connectivity index (χ1) is 5.61. The van der Waals surface area contributed by atoms with Gasteiger partial charge in [-0.25, -0.2) is 0 Å². The number of carbonyl (C=O) groups is 2. The molecule has 12 heavy (non-hydrogen) atoms. The third-order valence-electron chi connectivity index (χ3n) is 1.85. The molecule has 1 amide bonds. The molecule has 5 nitrogen and oxygen atoms in total. The molecule has 0 heterocycles. The second-order valence-electron chi connectivity index (χ2n) is 2.97. The van der Waals surface area contributed by atoms with E-state index in [0.717, 1.165) is 12.8 Å². The summed E-state index contributed by atoms with van der Waals surface area (Å²) >= 11 is 0. The van der Waals surface area contributed by atoms with E-state index in [1.807, 2.05) is 0 Å². The lowest BCUT2D eigenvalue weighted by atomic mass is 10.2. The SMILES string of the molecule is NC(C(=O)NCC(=O)O)C1CC1. The van der Waals surface area contributed by atoms with Crippen molar-refractivity contribution >= 4 is 11.9 Å². The van der Waals surface area contributed by atoms with Crippen LogP contribution in [0.25, 0.3) is 0 Å². The van der Waals surface area contributed by atoms with Gasteiger partial charge < -0.3 is 16.2 Å². The molecule has 0 aromatic heterocycles. The van der Waals surface area contributed by atoms with Crippen LogP contribution in [0.3, 0.4) is 0 Å². The van der Waals surface area contributed by atoms with E-state index in [0.29, 0.717) is 0 Å². The number of carbonyl (C=O) groups excluding carboxylic acids is 1. The van der Waals surface area contributed by atoms with Crippen molar-refractivity contribution in [1.82, 2.24) is 5.32 Å². The van der Waals surface area contributed by atoms with Crippen LogP contribution in [0.15, 0.2) is 0 Å². The Labute approximate surface area is 69.9 Å². The Morgan fingerprint density at radius 3 is 2.58 bits per heavy atom. The number of carboxylic acid groups (broad SMARTS) is 1. The summed E-state index contributed by atoms with van der Waals surface area (Å²) in [5.74, 6) is -1.15. The molecule has 0 bridgehead atoms. The molecule has 0 spiro atoms. The lowest BCUT2D eigenvalue weighted by Gasteiger charge is -2.08. The van der Waals surface area contributed by atoms with Gasteiger partial charge in [0.05, 0.1) is 6.04 Å². The molecule has 1 aliphatic carbocycles. The van der Waals surface area contributed by atoms with Crippen molar-refractivity contribution in [2.75, 3.05) is 6.54 Å². The summed E-state index contributed by atoms with van der Waals surface area (Å²) in [6.45, 7) is -0.348. The van der Waals surface area contributed by atoms with E-state index in [-0.39, 0.29) is 18.4 Å². The zero-order valence-corrected chi connectivity index (χ0v) is 6.62. The fourth-order valence-electron chi connectivity index (χ4n) is 0.950. The molecule has 0 saturated heterocycles. The van der Waals surface area contributed by atoms with Gasteiger partial charge in [-0.3, -0.25) is 9.59 Å². The van der Waals surface area contributed by atoms with Gasteiger partial charge in [0.1, 0.15) is 6.54 Å². The first-order valence-corrected chi connectivity index (χ1v) is 3.86. The summed E-state index contributed by atoms with van der Waals surface area (Å²) in [7, 11) is 0. The van der Waals surface area contributed by atoms with Gasteiger partial charge in [-0.05, 0) is 18.8 Å². The fraction of sp³-hybridized carbons (Fsp3) is 0.714. The first kappa shape index (κ1) is 8.99. The van der Waals surface area contributed by atoms with E-state index in [1.54, 1.807) is 0 Å². The Kier molecular flexibility index (Phi) is 2.65. The summed E-state index contributed by atoms with van der Waals surface area (Å²) in [4.78, 5) is 21.1. The maximum absolute atomic E-state index is 11.0. The van der Waals surface area contributed by atoms with Crippen LogP contribution in [0.2, 0.25) is 0 Å². The minimum absolute atomic E-state index is 0.263. The predicted octanol–water partition coefficient (Wildman–Crippen LogP) is -1.08. The number of aliphatic carboxylic acids is 1. The van der Waals surface area contributed by atoms with Gasteiger partial charge in [0.2, 0.25) is 5.91 Å². The van der Waals surface area contributed by atoms with Crippen molar-refractivity contribution in [3.63, 3.8) is 0 Å². The van der Waals surface area contributed by atoms with Gasteiger partial charge in [0.15, 0.2) is 0 Å². The number of rotatable bonds is 4. The molecule has 4 N–H and O–H groups in total. The van der Waals surface area contributed by atoms with Crippen LogP contribution in [0.5, 0.6) is 0 Å². The molecular weight excluding hydrogens is 160 g/mol. The van der Waals surface area contributed by atoms with Gasteiger partial charge in [0.25, 0.3) is 0 Å². The summed E-state index contributed by atoms with van der Waals surface area (Å²) in [6.07, 6.45) is 1.95. The van der Waals surface area contributed by atoms with Gasteiger partial charge in [-0.1, -0.05) is 0 Å². The standard InChI is InChI=1S/C7H12N2O3/c8-6(4-1-2-4)7(12)9-3-5(10)11/h4,6H,1-3,8H2,(H,9,12)(H,10,11). The fourth-order valence-corrected chi connectivity index (χ4v) is 0.950. The Hall–Kier alpha value is -1.10.